The zero-order valence-electron chi connectivity index (χ0n) is 17.8. The molecule has 5 nitrogen and oxygen atoms in total. The summed E-state index contributed by atoms with van der Waals surface area (Å²) in [5.41, 5.74) is 2.00. The van der Waals surface area contributed by atoms with Crippen LogP contribution in [0.1, 0.15) is 37.7 Å². The number of benzene rings is 2. The van der Waals surface area contributed by atoms with Crippen molar-refractivity contribution in [3.63, 3.8) is 0 Å². The van der Waals surface area contributed by atoms with E-state index < -0.39 is 11.4 Å². The summed E-state index contributed by atoms with van der Waals surface area (Å²) in [6.45, 7) is 2.21. The third kappa shape index (κ3) is 3.86. The number of aromatic nitrogens is 1. The minimum atomic E-state index is -0.694. The molecule has 5 rings (SSSR count). The lowest BCUT2D eigenvalue weighted by Crippen LogP contribution is -2.44. The molecule has 2 aromatic carbocycles. The number of carboxylic acid groups (broad SMARTS) is 1. The van der Waals surface area contributed by atoms with E-state index in [1.807, 2.05) is 29.0 Å². The van der Waals surface area contributed by atoms with Gasteiger partial charge in [-0.05, 0) is 49.2 Å². The number of rotatable bonds is 4. The van der Waals surface area contributed by atoms with E-state index in [0.717, 1.165) is 54.3 Å². The minimum Gasteiger partial charge on any atom is -0.490 e. The molecule has 0 saturated heterocycles. The van der Waals surface area contributed by atoms with Gasteiger partial charge in [-0.15, -0.1) is 0 Å². The summed E-state index contributed by atoms with van der Waals surface area (Å²) in [5.74, 6) is -0.303. The average molecular weight is 457 g/mol. The van der Waals surface area contributed by atoms with Crippen LogP contribution in [0.2, 0.25) is 5.02 Å². The van der Waals surface area contributed by atoms with Gasteiger partial charge in [0.2, 0.25) is 0 Å². The molecular weight excluding hydrogens is 431 g/mol. The molecule has 2 aliphatic rings. The fourth-order valence-electron chi connectivity index (χ4n) is 5.22. The maximum atomic E-state index is 13.6. The average Bonchev–Trinajstić information content (AvgIpc) is 3.07. The van der Waals surface area contributed by atoms with Gasteiger partial charge in [0, 0.05) is 42.5 Å². The SMILES string of the molecule is O=C(O)C1(CN2CCOc3c(Cl)cc(-n4ccc5cc(F)ccc54)cc3C2)CCCCC1. The number of hydrogen-bond donors (Lipinski definition) is 1. The standard InChI is InChI=1S/C25H26ClFN2O3/c26-21-14-20(29-9-6-17-12-19(27)4-5-22(17)29)13-18-15-28(10-11-32-23(18)21)16-25(24(30)31)7-2-1-3-8-25/h4-6,9,12-14H,1-3,7-8,10-11,15-16H2,(H,30,31). The molecule has 0 spiro atoms. The van der Waals surface area contributed by atoms with Crippen LogP contribution in [0.15, 0.2) is 42.6 Å². The van der Waals surface area contributed by atoms with Gasteiger partial charge in [-0.3, -0.25) is 9.69 Å². The lowest BCUT2D eigenvalue weighted by molar-refractivity contribution is -0.152. The first-order valence-electron chi connectivity index (χ1n) is 11.1. The second kappa shape index (κ2) is 8.41. The molecule has 7 heteroatoms. The Hall–Kier alpha value is -2.57. The minimum absolute atomic E-state index is 0.269. The molecule has 3 aromatic rings. The van der Waals surface area contributed by atoms with Crippen molar-refractivity contribution in [2.75, 3.05) is 19.7 Å². The highest BCUT2D eigenvalue weighted by Crippen LogP contribution is 2.40. The molecule has 0 bridgehead atoms. The second-order valence-electron chi connectivity index (χ2n) is 9.01. The van der Waals surface area contributed by atoms with Crippen molar-refractivity contribution in [2.45, 2.75) is 38.6 Å². The van der Waals surface area contributed by atoms with E-state index in [2.05, 4.69) is 4.90 Å². The van der Waals surface area contributed by atoms with Crippen molar-refractivity contribution in [1.82, 2.24) is 9.47 Å². The van der Waals surface area contributed by atoms with Crippen molar-refractivity contribution in [2.24, 2.45) is 5.41 Å². The molecule has 1 aliphatic carbocycles. The summed E-state index contributed by atoms with van der Waals surface area (Å²) in [6, 6.07) is 10.5. The topological polar surface area (TPSA) is 54.7 Å². The number of nitrogens with zero attached hydrogens (tertiary/aromatic N) is 2. The highest BCUT2D eigenvalue weighted by atomic mass is 35.5. The summed E-state index contributed by atoms with van der Waals surface area (Å²) < 4.78 is 21.6. The van der Waals surface area contributed by atoms with Gasteiger partial charge in [-0.2, -0.15) is 0 Å². The van der Waals surface area contributed by atoms with E-state index in [4.69, 9.17) is 16.3 Å². The third-order valence-electron chi connectivity index (χ3n) is 6.87. The molecule has 1 aliphatic heterocycles. The number of ether oxygens (including phenoxy) is 1. The molecule has 0 radical (unpaired) electrons. The molecular formula is C25H26ClFN2O3. The van der Waals surface area contributed by atoms with E-state index >= 15 is 0 Å². The van der Waals surface area contributed by atoms with Crippen LogP contribution in [0, 0.1) is 11.2 Å². The zero-order valence-corrected chi connectivity index (χ0v) is 18.6. The lowest BCUT2D eigenvalue weighted by Gasteiger charge is -2.37. The molecule has 1 N–H and O–H groups in total. The van der Waals surface area contributed by atoms with Gasteiger partial charge in [-0.1, -0.05) is 30.9 Å². The smallest absolute Gasteiger partial charge is 0.310 e. The number of aliphatic carboxylic acids is 1. The molecule has 0 unspecified atom stereocenters. The maximum Gasteiger partial charge on any atom is 0.310 e. The van der Waals surface area contributed by atoms with Crippen molar-refractivity contribution in [3.05, 3.63) is 59.0 Å². The fraction of sp³-hybridized carbons (Fsp3) is 0.400. The summed E-state index contributed by atoms with van der Waals surface area (Å²) in [6.07, 6.45) is 6.38. The Labute approximate surface area is 191 Å². The predicted octanol–water partition coefficient (Wildman–Crippen LogP) is 5.65. The largest absolute Gasteiger partial charge is 0.490 e. The summed E-state index contributed by atoms with van der Waals surface area (Å²) in [4.78, 5) is 14.4. The maximum absolute atomic E-state index is 13.6. The molecule has 2 heterocycles. The van der Waals surface area contributed by atoms with Gasteiger partial charge in [0.05, 0.1) is 16.0 Å². The molecule has 1 saturated carbocycles. The number of halogens is 2. The molecule has 0 atom stereocenters. The van der Waals surface area contributed by atoms with Crippen LogP contribution in [0.25, 0.3) is 16.6 Å². The number of carbonyl (C=O) groups is 1. The number of fused-ring (bicyclic) bond motifs is 2. The molecule has 168 valence electrons. The van der Waals surface area contributed by atoms with Crippen LogP contribution in [-0.2, 0) is 11.3 Å². The van der Waals surface area contributed by atoms with Crippen molar-refractivity contribution >= 4 is 28.5 Å². The van der Waals surface area contributed by atoms with Crippen molar-refractivity contribution in [1.29, 1.82) is 0 Å². The Morgan fingerprint density at radius 3 is 2.75 bits per heavy atom. The van der Waals surface area contributed by atoms with Crippen LogP contribution < -0.4 is 4.74 Å². The highest BCUT2D eigenvalue weighted by Gasteiger charge is 2.41. The van der Waals surface area contributed by atoms with E-state index in [0.29, 0.717) is 37.0 Å². The monoisotopic (exact) mass is 456 g/mol. The first-order chi connectivity index (χ1) is 15.4. The quantitative estimate of drug-likeness (QED) is 0.551. The van der Waals surface area contributed by atoms with Gasteiger partial charge < -0.3 is 14.4 Å². The van der Waals surface area contributed by atoms with Gasteiger partial charge >= 0.3 is 5.97 Å². The third-order valence-corrected chi connectivity index (χ3v) is 7.15. The number of hydrogen-bond acceptors (Lipinski definition) is 3. The van der Waals surface area contributed by atoms with Crippen LogP contribution in [-0.4, -0.2) is 40.2 Å². The van der Waals surface area contributed by atoms with Crippen molar-refractivity contribution < 1.29 is 19.0 Å². The van der Waals surface area contributed by atoms with Gasteiger partial charge in [-0.25, -0.2) is 4.39 Å². The normalized spacial score (nSPS) is 18.7. The Bertz CT molecular complexity index is 1170. The predicted molar refractivity (Wildman–Crippen MR) is 122 cm³/mol. The Balaban J connectivity index is 1.48. The summed E-state index contributed by atoms with van der Waals surface area (Å²) in [5, 5.41) is 11.3. The lowest BCUT2D eigenvalue weighted by atomic mass is 9.73. The van der Waals surface area contributed by atoms with E-state index in [-0.39, 0.29) is 5.82 Å². The summed E-state index contributed by atoms with van der Waals surface area (Å²) >= 11 is 6.62. The van der Waals surface area contributed by atoms with E-state index in [9.17, 15) is 14.3 Å². The highest BCUT2D eigenvalue weighted by molar-refractivity contribution is 6.32. The Morgan fingerprint density at radius 1 is 1.16 bits per heavy atom. The summed E-state index contributed by atoms with van der Waals surface area (Å²) in [7, 11) is 0. The first-order valence-corrected chi connectivity index (χ1v) is 11.5. The molecule has 1 fully saturated rings. The fourth-order valence-corrected chi connectivity index (χ4v) is 5.51. The zero-order chi connectivity index (χ0) is 22.3. The molecule has 0 amide bonds. The van der Waals surface area contributed by atoms with E-state index in [1.54, 1.807) is 6.07 Å². The van der Waals surface area contributed by atoms with Crippen LogP contribution >= 0.6 is 11.6 Å². The molecule has 1 aromatic heterocycles. The van der Waals surface area contributed by atoms with Crippen molar-refractivity contribution in [3.8, 4) is 11.4 Å². The number of carboxylic acids is 1. The van der Waals surface area contributed by atoms with Crippen LogP contribution in [0.4, 0.5) is 4.39 Å². The van der Waals surface area contributed by atoms with Crippen LogP contribution in [0.5, 0.6) is 5.75 Å². The van der Waals surface area contributed by atoms with Crippen LogP contribution in [0.3, 0.4) is 0 Å². The van der Waals surface area contributed by atoms with Gasteiger partial charge in [0.1, 0.15) is 18.2 Å². The van der Waals surface area contributed by atoms with Gasteiger partial charge in [0.15, 0.2) is 0 Å². The molecule has 32 heavy (non-hydrogen) atoms. The first kappa shape index (κ1) is 21.3. The van der Waals surface area contributed by atoms with E-state index in [1.165, 1.54) is 12.1 Å². The Kier molecular flexibility index (Phi) is 5.59. The second-order valence-corrected chi connectivity index (χ2v) is 9.42. The van der Waals surface area contributed by atoms with Gasteiger partial charge in [0.25, 0.3) is 0 Å². The Morgan fingerprint density at radius 2 is 1.97 bits per heavy atom.